The van der Waals surface area contributed by atoms with E-state index in [0.717, 1.165) is 10.8 Å². The van der Waals surface area contributed by atoms with Gasteiger partial charge in [-0.25, -0.2) is 17.9 Å². The molecule has 1 aliphatic heterocycles. The summed E-state index contributed by atoms with van der Waals surface area (Å²) in [5.74, 6) is -1.95. The van der Waals surface area contributed by atoms with Crippen molar-refractivity contribution in [1.29, 1.82) is 0 Å². The largest absolute Gasteiger partial charge is 0.478 e. The highest BCUT2D eigenvalue weighted by atomic mass is 32.2. The molecular formula is C24H22N2O6S. The Kier molecular flexibility index (Phi) is 6.26. The number of hydrogen-bond acceptors (Lipinski definition) is 5. The van der Waals surface area contributed by atoms with Crippen LogP contribution in [-0.2, 0) is 21.2 Å². The number of carbonyl (C=O) groups excluding carboxylic acids is 2. The normalized spacial score (nSPS) is 13.9. The maximum atomic E-state index is 13.1. The third kappa shape index (κ3) is 4.50. The van der Waals surface area contributed by atoms with Crippen LogP contribution >= 0.6 is 0 Å². The second kappa shape index (κ2) is 9.13. The van der Waals surface area contributed by atoms with Crippen molar-refractivity contribution >= 4 is 38.6 Å². The minimum Gasteiger partial charge on any atom is -0.478 e. The molecule has 1 aliphatic rings. The number of rotatable bonds is 8. The maximum absolute atomic E-state index is 13.1. The van der Waals surface area contributed by atoms with Gasteiger partial charge in [0.1, 0.15) is 0 Å². The molecule has 33 heavy (non-hydrogen) atoms. The predicted molar refractivity (Wildman–Crippen MR) is 122 cm³/mol. The van der Waals surface area contributed by atoms with Crippen LogP contribution in [0.15, 0.2) is 65.6 Å². The quantitative estimate of drug-likeness (QED) is 0.389. The molecule has 3 aromatic carbocycles. The number of carboxylic acids is 1. The molecule has 0 atom stereocenters. The monoisotopic (exact) mass is 466 g/mol. The number of benzene rings is 3. The van der Waals surface area contributed by atoms with Crippen molar-refractivity contribution in [2.24, 2.45) is 0 Å². The van der Waals surface area contributed by atoms with Gasteiger partial charge in [-0.3, -0.25) is 14.5 Å². The van der Waals surface area contributed by atoms with Crippen LogP contribution in [0.5, 0.6) is 0 Å². The fraction of sp³-hybridized carbons (Fsp3) is 0.208. The standard InChI is InChI=1S/C24H22N2O6S/c27-21-15-17-12-11-16-7-1-2-8-18(16)22(17)23(28)26(21)14-6-5-13-25-33(31,32)20-10-4-3-9-19(20)24(29)30/h1-4,7-12,25H,5-6,13-15H2,(H,29,30). The van der Waals surface area contributed by atoms with E-state index in [4.69, 9.17) is 0 Å². The number of carboxylic acid groups (broad SMARTS) is 1. The van der Waals surface area contributed by atoms with Crippen LogP contribution in [0.2, 0.25) is 0 Å². The first-order valence-corrected chi connectivity index (χ1v) is 12.0. The topological polar surface area (TPSA) is 121 Å². The van der Waals surface area contributed by atoms with Gasteiger partial charge in [0.25, 0.3) is 5.91 Å². The Morgan fingerprint density at radius 3 is 2.48 bits per heavy atom. The van der Waals surface area contributed by atoms with E-state index in [1.165, 1.54) is 29.2 Å². The Balaban J connectivity index is 1.39. The van der Waals surface area contributed by atoms with Gasteiger partial charge in [-0.05, 0) is 41.3 Å². The van der Waals surface area contributed by atoms with E-state index in [2.05, 4.69) is 4.72 Å². The molecule has 0 unspecified atom stereocenters. The van der Waals surface area contributed by atoms with E-state index in [1.54, 1.807) is 0 Å². The molecule has 170 valence electrons. The molecule has 0 aromatic heterocycles. The predicted octanol–water partition coefficient (Wildman–Crippen LogP) is 2.82. The molecule has 0 saturated carbocycles. The summed E-state index contributed by atoms with van der Waals surface area (Å²) in [5, 5.41) is 10.9. The summed E-state index contributed by atoms with van der Waals surface area (Å²) < 4.78 is 27.4. The zero-order chi connectivity index (χ0) is 23.6. The summed E-state index contributed by atoms with van der Waals surface area (Å²) in [5.41, 5.74) is 0.948. The van der Waals surface area contributed by atoms with Gasteiger partial charge < -0.3 is 5.11 Å². The SMILES string of the molecule is O=C(O)c1ccccc1S(=O)(=O)NCCCCN1C(=O)Cc2ccc3ccccc3c2C1=O. The molecule has 9 heteroatoms. The molecule has 1 heterocycles. The lowest BCUT2D eigenvalue weighted by molar-refractivity contribution is -0.128. The van der Waals surface area contributed by atoms with Crippen LogP contribution in [0.25, 0.3) is 10.8 Å². The Hall–Kier alpha value is -3.56. The van der Waals surface area contributed by atoms with Gasteiger partial charge in [-0.15, -0.1) is 0 Å². The molecule has 0 bridgehead atoms. The third-order valence-corrected chi connectivity index (χ3v) is 7.14. The molecule has 4 rings (SSSR count). The fourth-order valence-corrected chi connectivity index (χ4v) is 5.28. The smallest absolute Gasteiger partial charge is 0.337 e. The summed E-state index contributed by atoms with van der Waals surface area (Å²) in [7, 11) is -4.01. The molecule has 2 amide bonds. The molecule has 8 nitrogen and oxygen atoms in total. The lowest BCUT2D eigenvalue weighted by Crippen LogP contribution is -2.43. The number of unbranched alkanes of at least 4 members (excludes halogenated alkanes) is 1. The zero-order valence-electron chi connectivity index (χ0n) is 17.7. The molecule has 0 spiro atoms. The fourth-order valence-electron chi connectivity index (χ4n) is 4.01. The first kappa shape index (κ1) is 22.6. The number of imide groups is 1. The average Bonchev–Trinajstić information content (AvgIpc) is 2.80. The third-order valence-electron chi connectivity index (χ3n) is 5.62. The van der Waals surface area contributed by atoms with Gasteiger partial charge >= 0.3 is 5.97 Å². The van der Waals surface area contributed by atoms with Gasteiger partial charge in [0.15, 0.2) is 0 Å². The summed E-state index contributed by atoms with van der Waals surface area (Å²) in [4.78, 5) is 37.9. The molecule has 0 fully saturated rings. The molecule has 2 N–H and O–H groups in total. The molecule has 3 aromatic rings. The molecule has 0 aliphatic carbocycles. The first-order valence-electron chi connectivity index (χ1n) is 10.5. The summed E-state index contributed by atoms with van der Waals surface area (Å²) in [6, 6.07) is 16.6. The maximum Gasteiger partial charge on any atom is 0.337 e. The number of hydrogen-bond donors (Lipinski definition) is 2. The van der Waals surface area contributed by atoms with Crippen molar-refractivity contribution in [2.45, 2.75) is 24.2 Å². The van der Waals surface area contributed by atoms with Crippen LogP contribution in [-0.4, -0.2) is 49.3 Å². The molecular weight excluding hydrogens is 444 g/mol. The minimum absolute atomic E-state index is 0.0476. The van der Waals surface area contributed by atoms with E-state index >= 15 is 0 Å². The Morgan fingerprint density at radius 2 is 1.70 bits per heavy atom. The number of nitrogens with one attached hydrogen (secondary N) is 1. The second-order valence-corrected chi connectivity index (χ2v) is 9.49. The van der Waals surface area contributed by atoms with Crippen LogP contribution in [0.4, 0.5) is 0 Å². The van der Waals surface area contributed by atoms with Crippen LogP contribution < -0.4 is 4.72 Å². The van der Waals surface area contributed by atoms with Crippen molar-refractivity contribution in [2.75, 3.05) is 13.1 Å². The van der Waals surface area contributed by atoms with Crippen LogP contribution in [0, 0.1) is 0 Å². The van der Waals surface area contributed by atoms with Crippen LogP contribution in [0.3, 0.4) is 0 Å². The first-order chi connectivity index (χ1) is 15.8. The summed E-state index contributed by atoms with van der Waals surface area (Å²) in [6.45, 7) is 0.222. The minimum atomic E-state index is -4.01. The van der Waals surface area contributed by atoms with E-state index in [1.807, 2.05) is 36.4 Å². The van der Waals surface area contributed by atoms with Crippen LogP contribution in [0.1, 0.15) is 39.1 Å². The van der Waals surface area contributed by atoms with E-state index < -0.39 is 16.0 Å². The lowest BCUT2D eigenvalue weighted by Gasteiger charge is -2.27. The van der Waals surface area contributed by atoms with Crippen molar-refractivity contribution in [3.8, 4) is 0 Å². The van der Waals surface area contributed by atoms with Crippen molar-refractivity contribution in [1.82, 2.24) is 9.62 Å². The van der Waals surface area contributed by atoms with Crippen molar-refractivity contribution in [3.63, 3.8) is 0 Å². The van der Waals surface area contributed by atoms with Gasteiger partial charge in [-0.2, -0.15) is 0 Å². The average molecular weight is 467 g/mol. The Labute approximate surface area is 190 Å². The second-order valence-electron chi connectivity index (χ2n) is 7.75. The van der Waals surface area contributed by atoms with Crippen molar-refractivity contribution in [3.05, 3.63) is 77.4 Å². The highest BCUT2D eigenvalue weighted by Gasteiger charge is 2.31. The summed E-state index contributed by atoms with van der Waals surface area (Å²) in [6.07, 6.45) is 0.916. The van der Waals surface area contributed by atoms with E-state index in [-0.39, 0.29) is 41.8 Å². The summed E-state index contributed by atoms with van der Waals surface area (Å²) >= 11 is 0. The van der Waals surface area contributed by atoms with E-state index in [9.17, 15) is 27.9 Å². The Bertz CT molecular complexity index is 1370. The van der Waals surface area contributed by atoms with Gasteiger partial charge in [-0.1, -0.05) is 48.5 Å². The van der Waals surface area contributed by atoms with Gasteiger partial charge in [0.05, 0.1) is 22.4 Å². The zero-order valence-corrected chi connectivity index (χ0v) is 18.5. The number of carbonyl (C=O) groups is 3. The van der Waals surface area contributed by atoms with Crippen molar-refractivity contribution < 1.29 is 27.9 Å². The number of sulfonamides is 1. The van der Waals surface area contributed by atoms with Gasteiger partial charge in [0.2, 0.25) is 15.9 Å². The number of nitrogens with zero attached hydrogens (tertiary/aromatic N) is 1. The highest BCUT2D eigenvalue weighted by molar-refractivity contribution is 7.89. The van der Waals surface area contributed by atoms with E-state index in [0.29, 0.717) is 24.0 Å². The molecule has 0 radical (unpaired) electrons. The molecule has 0 saturated heterocycles. The lowest BCUT2D eigenvalue weighted by atomic mass is 9.92. The number of aromatic carboxylic acids is 1. The highest BCUT2D eigenvalue weighted by Crippen LogP contribution is 2.28. The van der Waals surface area contributed by atoms with Gasteiger partial charge in [0, 0.05) is 13.1 Å². The number of fused-ring (bicyclic) bond motifs is 3. The Morgan fingerprint density at radius 1 is 0.970 bits per heavy atom. The number of amides is 2.